The fourth-order valence-corrected chi connectivity index (χ4v) is 2.63. The molecule has 3 nitrogen and oxygen atoms in total. The van der Waals surface area contributed by atoms with Crippen LogP contribution in [-0.4, -0.2) is 13.2 Å². The van der Waals surface area contributed by atoms with Crippen LogP contribution in [0.3, 0.4) is 0 Å². The second-order valence-corrected chi connectivity index (χ2v) is 7.28. The van der Waals surface area contributed by atoms with Crippen LogP contribution in [0.25, 0.3) is 0 Å². The number of hydrogen-bond acceptors (Lipinski definition) is 3. The summed E-state index contributed by atoms with van der Waals surface area (Å²) < 4.78 is 16.5. The van der Waals surface area contributed by atoms with Crippen LogP contribution >= 0.6 is 0 Å². The highest BCUT2D eigenvalue weighted by molar-refractivity contribution is 5.22. The first-order chi connectivity index (χ1) is 10.8. The van der Waals surface area contributed by atoms with Crippen LogP contribution in [0.2, 0.25) is 0 Å². The summed E-state index contributed by atoms with van der Waals surface area (Å²) in [6.07, 6.45) is 1.78. The number of allylic oxidation sites excluding steroid dienone is 2. The van der Waals surface area contributed by atoms with Gasteiger partial charge in [-0.2, -0.15) is 0 Å². The van der Waals surface area contributed by atoms with E-state index in [1.165, 1.54) is 5.56 Å². The average molecular weight is 322 g/mol. The molecule has 0 fully saturated rings. The van der Waals surface area contributed by atoms with E-state index >= 15 is 0 Å². The van der Waals surface area contributed by atoms with Gasteiger partial charge in [0.1, 0.15) is 30.5 Å². The summed E-state index contributed by atoms with van der Waals surface area (Å²) in [5, 5.41) is 0. The summed E-state index contributed by atoms with van der Waals surface area (Å²) in [6, 6.07) is 2.07. The van der Waals surface area contributed by atoms with Crippen molar-refractivity contribution >= 4 is 0 Å². The van der Waals surface area contributed by atoms with Gasteiger partial charge in [0, 0.05) is 17.8 Å². The van der Waals surface area contributed by atoms with Gasteiger partial charge in [-0.15, -0.1) is 0 Å². The summed E-state index contributed by atoms with van der Waals surface area (Å²) in [5.74, 6) is 5.16. The molecule has 0 atom stereocenters. The molecule has 1 aliphatic rings. The average Bonchev–Trinajstić information content (AvgIpc) is 2.97. The van der Waals surface area contributed by atoms with Crippen LogP contribution in [-0.2, 0) is 9.47 Å². The lowest BCUT2D eigenvalue weighted by molar-refractivity contribution is 0.0364. The summed E-state index contributed by atoms with van der Waals surface area (Å²) in [6.45, 7) is 18.6. The van der Waals surface area contributed by atoms with Crippen molar-refractivity contribution in [1.82, 2.24) is 0 Å². The monoisotopic (exact) mass is 322 g/mol. The van der Waals surface area contributed by atoms with E-state index in [0.717, 1.165) is 17.3 Å². The minimum Gasteiger partial charge on any atom is -0.491 e. The third-order valence-electron chi connectivity index (χ3n) is 3.76. The molecule has 0 spiro atoms. The molecule has 0 aromatic carbocycles. The summed E-state index contributed by atoms with van der Waals surface area (Å²) in [5.41, 5.74) is 1.35. The van der Waals surface area contributed by atoms with E-state index in [1.54, 1.807) is 6.26 Å². The van der Waals surface area contributed by atoms with Gasteiger partial charge in [-0.05, 0) is 17.5 Å². The van der Waals surface area contributed by atoms with Crippen molar-refractivity contribution in [2.45, 2.75) is 67.2 Å². The molecule has 1 aromatic rings. The molecule has 0 radical (unpaired) electrons. The van der Waals surface area contributed by atoms with E-state index in [1.807, 2.05) is 0 Å². The lowest BCUT2D eigenvalue weighted by atomic mass is 9.99. The van der Waals surface area contributed by atoms with Gasteiger partial charge in [0.05, 0.1) is 6.26 Å². The first kappa shape index (κ1) is 19.7. The molecule has 1 aromatic heterocycles. The molecule has 2 heterocycles. The lowest BCUT2D eigenvalue weighted by Crippen LogP contribution is -2.19. The maximum Gasteiger partial charge on any atom is 0.136 e. The Morgan fingerprint density at radius 3 is 1.48 bits per heavy atom. The zero-order valence-corrected chi connectivity index (χ0v) is 16.1. The highest BCUT2D eigenvalue weighted by atomic mass is 16.6. The van der Waals surface area contributed by atoms with Crippen molar-refractivity contribution in [3.05, 3.63) is 35.2 Å². The third-order valence-corrected chi connectivity index (χ3v) is 3.76. The van der Waals surface area contributed by atoms with E-state index < -0.39 is 0 Å². The van der Waals surface area contributed by atoms with Crippen molar-refractivity contribution in [3.63, 3.8) is 0 Å². The predicted octanol–water partition coefficient (Wildman–Crippen LogP) is 6.08. The van der Waals surface area contributed by atoms with E-state index in [9.17, 15) is 0 Å². The molecule has 0 unspecified atom stereocenters. The maximum absolute atomic E-state index is 5.57. The number of rotatable bonds is 4. The maximum atomic E-state index is 5.57. The Balaban J connectivity index is 0.000000231. The smallest absolute Gasteiger partial charge is 0.136 e. The predicted molar refractivity (Wildman–Crippen MR) is 95.5 cm³/mol. The van der Waals surface area contributed by atoms with Gasteiger partial charge < -0.3 is 13.9 Å². The van der Waals surface area contributed by atoms with Crippen molar-refractivity contribution in [2.24, 2.45) is 11.8 Å². The SMILES string of the molecule is CC(C)C1=C(C(C)C)OCCO1.CC(C)c1ccoc1C(C)C. The second kappa shape index (κ2) is 9.05. The Labute approximate surface area is 142 Å². The standard InChI is InChI=1S/C10H18O2.C10H16O/c1-7(2)9-10(8(3)4)12-6-5-11-9;1-7(2)9-5-6-11-10(9)8(3)4/h7-8H,5-6H2,1-4H3;5-8H,1-4H3. The van der Waals surface area contributed by atoms with Crippen LogP contribution in [0.5, 0.6) is 0 Å². The number of furan rings is 1. The molecule has 0 saturated carbocycles. The molecular formula is C20H34O3. The summed E-state index contributed by atoms with van der Waals surface area (Å²) >= 11 is 0. The molecule has 3 heteroatoms. The van der Waals surface area contributed by atoms with Gasteiger partial charge in [0.25, 0.3) is 0 Å². The van der Waals surface area contributed by atoms with Crippen molar-refractivity contribution in [2.75, 3.05) is 13.2 Å². The van der Waals surface area contributed by atoms with Crippen molar-refractivity contribution < 1.29 is 13.9 Å². The highest BCUT2D eigenvalue weighted by Crippen LogP contribution is 2.27. The van der Waals surface area contributed by atoms with Crippen LogP contribution in [0.4, 0.5) is 0 Å². The zero-order chi connectivity index (χ0) is 17.6. The molecular weight excluding hydrogens is 288 g/mol. The minimum atomic E-state index is 0.433. The molecule has 0 N–H and O–H groups in total. The molecule has 2 rings (SSSR count). The second-order valence-electron chi connectivity index (χ2n) is 7.28. The van der Waals surface area contributed by atoms with Gasteiger partial charge in [-0.25, -0.2) is 0 Å². The molecule has 0 aliphatic carbocycles. The molecule has 1 aliphatic heterocycles. The Morgan fingerprint density at radius 1 is 0.696 bits per heavy atom. The first-order valence-corrected chi connectivity index (χ1v) is 8.82. The fraction of sp³-hybridized carbons (Fsp3) is 0.700. The molecule has 0 amide bonds. The van der Waals surface area contributed by atoms with Gasteiger partial charge in [-0.3, -0.25) is 0 Å². The van der Waals surface area contributed by atoms with Crippen molar-refractivity contribution in [3.8, 4) is 0 Å². The fourth-order valence-electron chi connectivity index (χ4n) is 2.63. The zero-order valence-electron chi connectivity index (χ0n) is 16.1. The van der Waals surface area contributed by atoms with Crippen LogP contribution in [0.1, 0.15) is 78.5 Å². The van der Waals surface area contributed by atoms with Crippen LogP contribution in [0.15, 0.2) is 28.3 Å². The van der Waals surface area contributed by atoms with E-state index in [2.05, 4.69) is 61.5 Å². The highest BCUT2D eigenvalue weighted by Gasteiger charge is 2.20. The Hall–Kier alpha value is -1.38. The Bertz CT molecular complexity index is 450. The normalized spacial score (nSPS) is 15.0. The quantitative estimate of drug-likeness (QED) is 0.673. The summed E-state index contributed by atoms with van der Waals surface area (Å²) in [7, 11) is 0. The van der Waals surface area contributed by atoms with Gasteiger partial charge in [0.2, 0.25) is 0 Å². The van der Waals surface area contributed by atoms with E-state index in [0.29, 0.717) is 36.9 Å². The lowest BCUT2D eigenvalue weighted by Gasteiger charge is -2.26. The summed E-state index contributed by atoms with van der Waals surface area (Å²) in [4.78, 5) is 0. The van der Waals surface area contributed by atoms with Gasteiger partial charge >= 0.3 is 0 Å². The Morgan fingerprint density at radius 2 is 1.17 bits per heavy atom. The van der Waals surface area contributed by atoms with E-state index in [4.69, 9.17) is 13.9 Å². The minimum absolute atomic E-state index is 0.433. The van der Waals surface area contributed by atoms with Gasteiger partial charge in [-0.1, -0.05) is 55.4 Å². The van der Waals surface area contributed by atoms with Crippen molar-refractivity contribution in [1.29, 1.82) is 0 Å². The van der Waals surface area contributed by atoms with E-state index in [-0.39, 0.29) is 0 Å². The van der Waals surface area contributed by atoms with Crippen LogP contribution < -0.4 is 0 Å². The Kier molecular flexibility index (Phi) is 7.74. The molecule has 132 valence electrons. The molecule has 23 heavy (non-hydrogen) atoms. The largest absolute Gasteiger partial charge is 0.491 e. The third kappa shape index (κ3) is 5.63. The first-order valence-electron chi connectivity index (χ1n) is 8.82. The number of hydrogen-bond donors (Lipinski definition) is 0. The van der Waals surface area contributed by atoms with Gasteiger partial charge in [0.15, 0.2) is 0 Å². The number of ether oxygens (including phenoxy) is 2. The molecule has 0 bridgehead atoms. The topological polar surface area (TPSA) is 31.6 Å². The molecule has 0 saturated heterocycles. The van der Waals surface area contributed by atoms with Crippen LogP contribution in [0, 0.1) is 11.8 Å².